The lowest BCUT2D eigenvalue weighted by molar-refractivity contribution is -0.127. The second-order valence-electron chi connectivity index (χ2n) is 6.14. The summed E-state index contributed by atoms with van der Waals surface area (Å²) in [5.41, 5.74) is 1.41. The van der Waals surface area contributed by atoms with Gasteiger partial charge >= 0.3 is 0 Å². The van der Waals surface area contributed by atoms with E-state index in [-0.39, 0.29) is 11.8 Å². The maximum absolute atomic E-state index is 12.5. The van der Waals surface area contributed by atoms with Gasteiger partial charge in [-0.1, -0.05) is 23.7 Å². The number of pyridine rings is 1. The van der Waals surface area contributed by atoms with Gasteiger partial charge in [-0.25, -0.2) is 4.98 Å². The van der Waals surface area contributed by atoms with E-state index in [0.29, 0.717) is 37.0 Å². The maximum atomic E-state index is 12.5. The molecule has 1 aliphatic heterocycles. The first-order valence-corrected chi connectivity index (χ1v) is 9.81. The molecule has 0 aromatic carbocycles. The number of fused-ring (bicyclic) bond motifs is 1. The molecule has 0 atom stereocenters. The van der Waals surface area contributed by atoms with E-state index in [4.69, 9.17) is 11.6 Å². The van der Waals surface area contributed by atoms with E-state index in [9.17, 15) is 9.59 Å². The van der Waals surface area contributed by atoms with Crippen LogP contribution >= 0.6 is 22.9 Å². The minimum Gasteiger partial charge on any atom is -0.336 e. The van der Waals surface area contributed by atoms with Gasteiger partial charge < -0.3 is 9.80 Å². The largest absolute Gasteiger partial charge is 0.336 e. The summed E-state index contributed by atoms with van der Waals surface area (Å²) in [5.74, 6) is -0.0645. The number of hydrogen-bond donors (Lipinski definition) is 0. The molecule has 0 spiro atoms. The first-order valence-electron chi connectivity index (χ1n) is 8.56. The maximum Gasteiger partial charge on any atom is 0.264 e. The lowest BCUT2D eigenvalue weighted by atomic mass is 10.2. The van der Waals surface area contributed by atoms with Crippen molar-refractivity contribution >= 4 is 46.5 Å². The highest BCUT2D eigenvalue weighted by Gasteiger charge is 2.24. The van der Waals surface area contributed by atoms with Crippen molar-refractivity contribution in [1.29, 1.82) is 0 Å². The van der Waals surface area contributed by atoms with Gasteiger partial charge in [-0.15, -0.1) is 11.3 Å². The minimum absolute atomic E-state index is 0.0325. The molecule has 0 aliphatic carbocycles. The highest BCUT2D eigenvalue weighted by Crippen LogP contribution is 2.19. The van der Waals surface area contributed by atoms with Crippen molar-refractivity contribution in [3.8, 4) is 0 Å². The van der Waals surface area contributed by atoms with Crippen LogP contribution in [0.3, 0.4) is 0 Å². The first kappa shape index (κ1) is 17.8. The van der Waals surface area contributed by atoms with Crippen molar-refractivity contribution in [2.24, 2.45) is 0 Å². The Morgan fingerprint density at radius 2 is 1.85 bits per heavy atom. The van der Waals surface area contributed by atoms with Crippen LogP contribution in [-0.2, 0) is 4.79 Å². The van der Waals surface area contributed by atoms with E-state index in [1.54, 1.807) is 15.9 Å². The predicted octanol–water partition coefficient (Wildman–Crippen LogP) is 3.05. The molecule has 4 rings (SSSR count). The normalized spacial score (nSPS) is 15.0. The average Bonchev–Trinajstić information content (AvgIpc) is 3.33. The van der Waals surface area contributed by atoms with E-state index in [1.807, 2.05) is 46.3 Å². The molecule has 4 heterocycles. The number of imidazole rings is 1. The van der Waals surface area contributed by atoms with Gasteiger partial charge in [0.1, 0.15) is 5.65 Å². The molecule has 0 saturated carbocycles. The fraction of sp³-hybridized carbons (Fsp3) is 0.211. The molecule has 0 N–H and O–H groups in total. The third kappa shape index (κ3) is 3.61. The number of piperazine rings is 1. The topological polar surface area (TPSA) is 57.9 Å². The Morgan fingerprint density at radius 3 is 2.59 bits per heavy atom. The second-order valence-corrected chi connectivity index (χ2v) is 7.45. The number of rotatable bonds is 3. The van der Waals surface area contributed by atoms with Crippen LogP contribution < -0.4 is 0 Å². The average molecular weight is 401 g/mol. The van der Waals surface area contributed by atoms with Crippen molar-refractivity contribution in [3.05, 3.63) is 63.7 Å². The Labute approximate surface area is 165 Å². The van der Waals surface area contributed by atoms with Crippen molar-refractivity contribution in [3.63, 3.8) is 0 Å². The standard InChI is InChI=1S/C19H17ClN4O2S/c20-18-14(24-8-2-1-5-16(24)21-18)6-7-17(25)22-9-11-23(12-10-22)19(26)15-4-3-13-27-15/h1-8,13H,9-12H2/b7-6+. The van der Waals surface area contributed by atoms with E-state index in [2.05, 4.69) is 4.98 Å². The molecule has 1 aliphatic rings. The number of carbonyl (C=O) groups is 2. The van der Waals surface area contributed by atoms with Gasteiger partial charge in [0, 0.05) is 38.5 Å². The molecule has 8 heteroatoms. The van der Waals surface area contributed by atoms with Crippen molar-refractivity contribution in [2.45, 2.75) is 0 Å². The molecule has 1 saturated heterocycles. The SMILES string of the molecule is O=C(/C=C/c1c(Cl)nc2ccccn12)N1CCN(C(=O)c2cccs2)CC1. The number of aromatic nitrogens is 2. The van der Waals surface area contributed by atoms with Gasteiger partial charge in [0.05, 0.1) is 10.6 Å². The van der Waals surface area contributed by atoms with Crippen LogP contribution in [0, 0.1) is 0 Å². The van der Waals surface area contributed by atoms with E-state index < -0.39 is 0 Å². The molecule has 2 amide bonds. The van der Waals surface area contributed by atoms with Crippen LogP contribution in [0.1, 0.15) is 15.4 Å². The smallest absolute Gasteiger partial charge is 0.264 e. The third-order valence-corrected chi connectivity index (χ3v) is 5.65. The summed E-state index contributed by atoms with van der Waals surface area (Å²) in [7, 11) is 0. The number of halogens is 1. The summed E-state index contributed by atoms with van der Waals surface area (Å²) in [6, 6.07) is 9.32. The zero-order valence-electron chi connectivity index (χ0n) is 14.4. The summed E-state index contributed by atoms with van der Waals surface area (Å²) in [5, 5.41) is 2.25. The number of carbonyl (C=O) groups excluding carboxylic acids is 2. The molecular formula is C19H17ClN4O2S. The summed E-state index contributed by atoms with van der Waals surface area (Å²) < 4.78 is 1.84. The van der Waals surface area contributed by atoms with Crippen LogP contribution in [0.4, 0.5) is 0 Å². The fourth-order valence-electron chi connectivity index (χ4n) is 3.08. The summed E-state index contributed by atoms with van der Waals surface area (Å²) >= 11 is 7.63. The summed E-state index contributed by atoms with van der Waals surface area (Å²) in [6.07, 6.45) is 5.06. The van der Waals surface area contributed by atoms with E-state index in [0.717, 1.165) is 10.5 Å². The molecular weight excluding hydrogens is 384 g/mol. The Morgan fingerprint density at radius 1 is 1.07 bits per heavy atom. The Kier molecular flexibility index (Phi) is 4.96. The summed E-state index contributed by atoms with van der Waals surface area (Å²) in [4.78, 5) is 33.4. The van der Waals surface area contributed by atoms with Crippen LogP contribution in [0.15, 0.2) is 48.0 Å². The third-order valence-electron chi connectivity index (χ3n) is 4.52. The minimum atomic E-state index is -0.0971. The Balaban J connectivity index is 1.40. The molecule has 27 heavy (non-hydrogen) atoms. The lowest BCUT2D eigenvalue weighted by Crippen LogP contribution is -2.50. The molecule has 1 fully saturated rings. The van der Waals surface area contributed by atoms with Crippen molar-refractivity contribution < 1.29 is 9.59 Å². The van der Waals surface area contributed by atoms with Crippen LogP contribution in [0.2, 0.25) is 5.15 Å². The first-order chi connectivity index (χ1) is 13.1. The lowest BCUT2D eigenvalue weighted by Gasteiger charge is -2.34. The predicted molar refractivity (Wildman–Crippen MR) is 106 cm³/mol. The van der Waals surface area contributed by atoms with Gasteiger partial charge in [-0.2, -0.15) is 0 Å². The van der Waals surface area contributed by atoms with Crippen molar-refractivity contribution in [1.82, 2.24) is 19.2 Å². The van der Waals surface area contributed by atoms with Crippen LogP contribution in [0.25, 0.3) is 11.7 Å². The number of nitrogens with zero attached hydrogens (tertiary/aromatic N) is 4. The van der Waals surface area contributed by atoms with Gasteiger partial charge in [-0.3, -0.25) is 14.0 Å². The van der Waals surface area contributed by atoms with Gasteiger partial charge in [0.2, 0.25) is 5.91 Å². The zero-order valence-corrected chi connectivity index (χ0v) is 16.0. The van der Waals surface area contributed by atoms with Gasteiger partial charge in [0.15, 0.2) is 5.15 Å². The van der Waals surface area contributed by atoms with E-state index in [1.165, 1.54) is 17.4 Å². The van der Waals surface area contributed by atoms with Gasteiger partial charge in [-0.05, 0) is 29.7 Å². The fourth-order valence-corrected chi connectivity index (χ4v) is 4.01. The number of hydrogen-bond acceptors (Lipinski definition) is 4. The number of amides is 2. The quantitative estimate of drug-likeness (QED) is 0.635. The molecule has 0 bridgehead atoms. The Bertz CT molecular complexity index is 1000. The molecule has 3 aromatic heterocycles. The van der Waals surface area contributed by atoms with E-state index >= 15 is 0 Å². The summed E-state index contributed by atoms with van der Waals surface area (Å²) in [6.45, 7) is 2.10. The highest BCUT2D eigenvalue weighted by molar-refractivity contribution is 7.12. The molecule has 0 radical (unpaired) electrons. The van der Waals surface area contributed by atoms with Crippen LogP contribution in [-0.4, -0.2) is 57.2 Å². The molecule has 3 aromatic rings. The molecule has 138 valence electrons. The molecule has 0 unspecified atom stereocenters. The second kappa shape index (κ2) is 7.54. The van der Waals surface area contributed by atoms with Gasteiger partial charge in [0.25, 0.3) is 5.91 Å². The molecule has 6 nitrogen and oxygen atoms in total. The zero-order chi connectivity index (χ0) is 18.8. The monoisotopic (exact) mass is 400 g/mol. The van der Waals surface area contributed by atoms with Crippen LogP contribution in [0.5, 0.6) is 0 Å². The highest BCUT2D eigenvalue weighted by atomic mass is 35.5. The number of thiophene rings is 1. The Hall–Kier alpha value is -2.64. The van der Waals surface area contributed by atoms with Crippen molar-refractivity contribution in [2.75, 3.05) is 26.2 Å².